The average molecular weight is 360 g/mol. The van der Waals surface area contributed by atoms with E-state index in [2.05, 4.69) is 5.32 Å². The van der Waals surface area contributed by atoms with Crippen molar-refractivity contribution in [1.29, 1.82) is 0 Å². The number of benzene rings is 3. The van der Waals surface area contributed by atoms with Gasteiger partial charge in [-0.3, -0.25) is 4.79 Å². The average Bonchev–Trinajstić information content (AvgIpc) is 2.70. The van der Waals surface area contributed by atoms with Gasteiger partial charge < -0.3 is 15.3 Å². The maximum absolute atomic E-state index is 13.1. The second-order valence-corrected chi connectivity index (χ2v) is 6.44. The Morgan fingerprint density at radius 2 is 1.41 bits per heavy atom. The van der Waals surface area contributed by atoms with Crippen molar-refractivity contribution in [2.75, 3.05) is 30.4 Å². The number of likely N-dealkylation sites (N-methyl/N-ethyl adjacent to an activating group) is 1. The molecule has 0 fully saturated rings. The SMILES string of the molecule is CN(CCO)c1ccc(NC(=O)C(c2ccccc2)c2ccccc2)cc1. The molecular weight excluding hydrogens is 336 g/mol. The number of carbonyl (C=O) groups is 1. The lowest BCUT2D eigenvalue weighted by Crippen LogP contribution is -2.23. The number of carbonyl (C=O) groups excluding carboxylic acids is 1. The van der Waals surface area contributed by atoms with Gasteiger partial charge in [-0.2, -0.15) is 0 Å². The molecule has 3 aromatic carbocycles. The van der Waals surface area contributed by atoms with E-state index in [4.69, 9.17) is 5.11 Å². The van der Waals surface area contributed by atoms with Crippen molar-refractivity contribution in [2.24, 2.45) is 0 Å². The Morgan fingerprint density at radius 1 is 0.889 bits per heavy atom. The summed E-state index contributed by atoms with van der Waals surface area (Å²) in [6.45, 7) is 0.667. The molecule has 0 unspecified atom stereocenters. The van der Waals surface area contributed by atoms with Crippen molar-refractivity contribution in [3.63, 3.8) is 0 Å². The van der Waals surface area contributed by atoms with Crippen LogP contribution in [0, 0.1) is 0 Å². The van der Waals surface area contributed by atoms with Crippen molar-refractivity contribution in [2.45, 2.75) is 5.92 Å². The highest BCUT2D eigenvalue weighted by atomic mass is 16.3. The Bertz CT molecular complexity index is 809. The van der Waals surface area contributed by atoms with Gasteiger partial charge in [0.25, 0.3) is 0 Å². The monoisotopic (exact) mass is 360 g/mol. The van der Waals surface area contributed by atoms with Crippen LogP contribution in [0.5, 0.6) is 0 Å². The molecule has 0 aliphatic rings. The van der Waals surface area contributed by atoms with Gasteiger partial charge in [0, 0.05) is 25.0 Å². The summed E-state index contributed by atoms with van der Waals surface area (Å²) in [6.07, 6.45) is 0. The fraction of sp³-hybridized carbons (Fsp3) is 0.174. The van der Waals surface area contributed by atoms with Crippen LogP contribution >= 0.6 is 0 Å². The van der Waals surface area contributed by atoms with E-state index in [1.54, 1.807) is 0 Å². The molecule has 4 heteroatoms. The highest BCUT2D eigenvalue weighted by Crippen LogP contribution is 2.26. The zero-order chi connectivity index (χ0) is 19.1. The van der Waals surface area contributed by atoms with Gasteiger partial charge in [0.05, 0.1) is 12.5 Å². The lowest BCUT2D eigenvalue weighted by Gasteiger charge is -2.20. The number of aliphatic hydroxyl groups is 1. The third-order valence-corrected chi connectivity index (χ3v) is 4.54. The second-order valence-electron chi connectivity index (χ2n) is 6.44. The third-order valence-electron chi connectivity index (χ3n) is 4.54. The van der Waals surface area contributed by atoms with E-state index < -0.39 is 0 Å². The summed E-state index contributed by atoms with van der Waals surface area (Å²) in [5, 5.41) is 12.1. The van der Waals surface area contributed by atoms with Crippen LogP contribution in [0.3, 0.4) is 0 Å². The maximum Gasteiger partial charge on any atom is 0.236 e. The van der Waals surface area contributed by atoms with Gasteiger partial charge in [0.1, 0.15) is 0 Å². The van der Waals surface area contributed by atoms with E-state index >= 15 is 0 Å². The predicted molar refractivity (Wildman–Crippen MR) is 110 cm³/mol. The van der Waals surface area contributed by atoms with E-state index in [0.29, 0.717) is 6.54 Å². The van der Waals surface area contributed by atoms with Gasteiger partial charge in [0.2, 0.25) is 5.91 Å². The van der Waals surface area contributed by atoms with Gasteiger partial charge in [-0.05, 0) is 35.4 Å². The first-order chi connectivity index (χ1) is 13.2. The molecule has 0 spiro atoms. The third kappa shape index (κ3) is 4.74. The Labute approximate surface area is 160 Å². The van der Waals surface area contributed by atoms with Crippen LogP contribution in [0.1, 0.15) is 17.0 Å². The first-order valence-corrected chi connectivity index (χ1v) is 9.02. The quantitative estimate of drug-likeness (QED) is 0.672. The number of aliphatic hydroxyl groups excluding tert-OH is 1. The number of hydrogen-bond donors (Lipinski definition) is 2. The molecule has 0 aliphatic carbocycles. The molecule has 1 amide bonds. The number of anilines is 2. The molecule has 3 rings (SSSR count). The van der Waals surface area contributed by atoms with Crippen LogP contribution < -0.4 is 10.2 Å². The van der Waals surface area contributed by atoms with Crippen molar-refractivity contribution in [1.82, 2.24) is 0 Å². The van der Waals surface area contributed by atoms with E-state index in [9.17, 15) is 4.79 Å². The zero-order valence-corrected chi connectivity index (χ0v) is 15.4. The molecule has 0 heterocycles. The minimum absolute atomic E-state index is 0.0659. The number of rotatable bonds is 7. The van der Waals surface area contributed by atoms with Crippen LogP contribution in [0.4, 0.5) is 11.4 Å². The zero-order valence-electron chi connectivity index (χ0n) is 15.4. The van der Waals surface area contributed by atoms with Crippen LogP contribution in [0.2, 0.25) is 0 Å². The molecule has 0 saturated heterocycles. The molecule has 0 atom stereocenters. The minimum atomic E-state index is -0.371. The van der Waals surface area contributed by atoms with Crippen LogP contribution in [-0.4, -0.2) is 31.2 Å². The Morgan fingerprint density at radius 3 is 1.89 bits per heavy atom. The topological polar surface area (TPSA) is 52.6 Å². The summed E-state index contributed by atoms with van der Waals surface area (Å²) in [7, 11) is 1.92. The molecule has 2 N–H and O–H groups in total. The predicted octanol–water partition coefficient (Wildman–Crippen LogP) is 3.89. The van der Waals surface area contributed by atoms with Gasteiger partial charge in [-0.1, -0.05) is 60.7 Å². The molecule has 0 saturated carbocycles. The summed E-state index contributed by atoms with van der Waals surface area (Å²) in [5.41, 5.74) is 3.66. The Hall–Kier alpha value is -3.11. The maximum atomic E-state index is 13.1. The van der Waals surface area contributed by atoms with Crippen molar-refractivity contribution < 1.29 is 9.90 Å². The molecular formula is C23H24N2O2. The summed E-state index contributed by atoms with van der Waals surface area (Å²) in [4.78, 5) is 15.0. The lowest BCUT2D eigenvalue weighted by molar-refractivity contribution is -0.116. The standard InChI is InChI=1S/C23H24N2O2/c1-25(16-17-26)21-14-12-20(13-15-21)24-23(27)22(18-8-4-2-5-9-18)19-10-6-3-7-11-19/h2-15,22,26H,16-17H2,1H3,(H,24,27). The van der Waals surface area contributed by atoms with Crippen molar-refractivity contribution in [3.05, 3.63) is 96.1 Å². The van der Waals surface area contributed by atoms with Gasteiger partial charge in [0.15, 0.2) is 0 Å². The molecule has 0 aliphatic heterocycles. The van der Waals surface area contributed by atoms with E-state index in [1.165, 1.54) is 0 Å². The molecule has 0 aromatic heterocycles. The highest BCUT2D eigenvalue weighted by molar-refractivity contribution is 5.98. The largest absolute Gasteiger partial charge is 0.395 e. The lowest BCUT2D eigenvalue weighted by atomic mass is 9.90. The molecule has 138 valence electrons. The molecule has 0 radical (unpaired) electrons. The van der Waals surface area contributed by atoms with Gasteiger partial charge in [-0.15, -0.1) is 0 Å². The van der Waals surface area contributed by atoms with Crippen LogP contribution in [0.15, 0.2) is 84.9 Å². The van der Waals surface area contributed by atoms with Gasteiger partial charge in [-0.25, -0.2) is 0 Å². The minimum Gasteiger partial charge on any atom is -0.395 e. The van der Waals surface area contributed by atoms with Gasteiger partial charge >= 0.3 is 0 Å². The molecule has 27 heavy (non-hydrogen) atoms. The molecule has 0 bridgehead atoms. The number of hydrogen-bond acceptors (Lipinski definition) is 3. The summed E-state index contributed by atoms with van der Waals surface area (Å²) in [6, 6.07) is 27.2. The first kappa shape index (κ1) is 18.7. The number of amides is 1. The Balaban J connectivity index is 1.81. The molecule has 4 nitrogen and oxygen atoms in total. The van der Waals surface area contributed by atoms with E-state index in [1.807, 2.05) is 96.9 Å². The fourth-order valence-corrected chi connectivity index (χ4v) is 3.08. The smallest absolute Gasteiger partial charge is 0.236 e. The van der Waals surface area contributed by atoms with E-state index in [-0.39, 0.29) is 18.4 Å². The van der Waals surface area contributed by atoms with Crippen molar-refractivity contribution in [3.8, 4) is 0 Å². The van der Waals surface area contributed by atoms with Crippen LogP contribution in [0.25, 0.3) is 0 Å². The highest BCUT2D eigenvalue weighted by Gasteiger charge is 2.22. The number of nitrogens with one attached hydrogen (secondary N) is 1. The summed E-state index contributed by atoms with van der Waals surface area (Å²) in [5.74, 6) is -0.437. The fourth-order valence-electron chi connectivity index (χ4n) is 3.08. The van der Waals surface area contributed by atoms with E-state index in [0.717, 1.165) is 22.5 Å². The normalized spacial score (nSPS) is 10.6. The van der Waals surface area contributed by atoms with Crippen LogP contribution in [-0.2, 0) is 4.79 Å². The number of nitrogens with zero attached hydrogens (tertiary/aromatic N) is 1. The second kappa shape index (κ2) is 9.01. The summed E-state index contributed by atoms with van der Waals surface area (Å²) >= 11 is 0. The molecule has 3 aromatic rings. The first-order valence-electron chi connectivity index (χ1n) is 9.02. The Kier molecular flexibility index (Phi) is 6.23. The van der Waals surface area contributed by atoms with Crippen molar-refractivity contribution >= 4 is 17.3 Å². The summed E-state index contributed by atoms with van der Waals surface area (Å²) < 4.78 is 0.